The second-order valence-corrected chi connectivity index (χ2v) is 6.90. The molecule has 1 saturated heterocycles. The summed E-state index contributed by atoms with van der Waals surface area (Å²) >= 11 is 0. The second kappa shape index (κ2) is 8.00. The van der Waals surface area contributed by atoms with Gasteiger partial charge >= 0.3 is 0 Å². The van der Waals surface area contributed by atoms with E-state index in [0.29, 0.717) is 43.2 Å². The second-order valence-electron chi connectivity index (χ2n) is 6.90. The van der Waals surface area contributed by atoms with Crippen molar-refractivity contribution in [1.82, 2.24) is 9.88 Å². The number of hydrogen-bond acceptors (Lipinski definition) is 5. The first-order valence-corrected chi connectivity index (χ1v) is 9.04. The highest BCUT2D eigenvalue weighted by Gasteiger charge is 2.27. The molecule has 6 nitrogen and oxygen atoms in total. The lowest BCUT2D eigenvalue weighted by atomic mass is 10.00. The van der Waals surface area contributed by atoms with E-state index in [0.717, 1.165) is 11.4 Å². The van der Waals surface area contributed by atoms with Crippen molar-refractivity contribution < 1.29 is 9.59 Å². The fourth-order valence-corrected chi connectivity index (χ4v) is 3.06. The Kier molecular flexibility index (Phi) is 5.51. The lowest BCUT2D eigenvalue weighted by Gasteiger charge is -2.35. The van der Waals surface area contributed by atoms with Crippen molar-refractivity contribution >= 4 is 17.5 Å². The van der Waals surface area contributed by atoms with Crippen LogP contribution in [0.1, 0.15) is 41.3 Å². The Morgan fingerprint density at radius 1 is 1.04 bits per heavy atom. The number of carbonyl (C=O) groups is 2. The van der Waals surface area contributed by atoms with Crippen LogP contribution in [0.3, 0.4) is 0 Å². The van der Waals surface area contributed by atoms with Crippen LogP contribution in [-0.2, 0) is 4.79 Å². The average Bonchev–Trinajstić information content (AvgIpc) is 2.73. The number of nitrogens with zero attached hydrogens (tertiary/aromatic N) is 4. The van der Waals surface area contributed by atoms with Gasteiger partial charge in [0.1, 0.15) is 11.9 Å². The molecule has 0 radical (unpaired) electrons. The van der Waals surface area contributed by atoms with E-state index in [1.807, 2.05) is 23.1 Å². The van der Waals surface area contributed by atoms with Gasteiger partial charge in [-0.2, -0.15) is 5.26 Å². The summed E-state index contributed by atoms with van der Waals surface area (Å²) in [5.74, 6) is 0.237. The van der Waals surface area contributed by atoms with E-state index in [-0.39, 0.29) is 0 Å². The molecule has 6 heteroatoms. The maximum absolute atomic E-state index is 12.6. The van der Waals surface area contributed by atoms with Gasteiger partial charge < -0.3 is 9.80 Å². The van der Waals surface area contributed by atoms with Crippen LogP contribution >= 0.6 is 0 Å². The highest BCUT2D eigenvalue weighted by molar-refractivity contribution is 6.42. The fraction of sp³-hybridized carbons (Fsp3) is 0.333. The number of hydrogen-bond donors (Lipinski definition) is 0. The molecule has 0 bridgehead atoms. The molecular weight excluding hydrogens is 340 g/mol. The zero-order valence-electron chi connectivity index (χ0n) is 15.6. The molecule has 0 N–H and O–H groups in total. The summed E-state index contributed by atoms with van der Waals surface area (Å²) in [7, 11) is 0. The van der Waals surface area contributed by atoms with Gasteiger partial charge in [0.25, 0.3) is 5.91 Å². The Hall–Kier alpha value is -3.20. The van der Waals surface area contributed by atoms with Crippen molar-refractivity contribution in [2.45, 2.75) is 19.8 Å². The van der Waals surface area contributed by atoms with Crippen LogP contribution in [0.15, 0.2) is 42.6 Å². The summed E-state index contributed by atoms with van der Waals surface area (Å²) in [6.07, 6.45) is 1.54. The van der Waals surface area contributed by atoms with Gasteiger partial charge in [0.2, 0.25) is 5.78 Å². The SMILES string of the molecule is CC(C)c1ccc(C(=O)C(=O)N2CCN(c3ccc(C#N)cn3)CC2)cc1. The number of nitriles is 1. The predicted octanol–water partition coefficient (Wildman–Crippen LogP) is 2.61. The van der Waals surface area contributed by atoms with Gasteiger partial charge in [0, 0.05) is 37.9 Å². The predicted molar refractivity (Wildman–Crippen MR) is 103 cm³/mol. The molecule has 1 aromatic heterocycles. The van der Waals surface area contributed by atoms with Gasteiger partial charge in [0.05, 0.1) is 5.56 Å². The summed E-state index contributed by atoms with van der Waals surface area (Å²) in [4.78, 5) is 33.0. The largest absolute Gasteiger partial charge is 0.353 e. The first kappa shape index (κ1) is 18.6. The van der Waals surface area contributed by atoms with Crippen LogP contribution < -0.4 is 4.90 Å². The van der Waals surface area contributed by atoms with Crippen molar-refractivity contribution in [2.24, 2.45) is 0 Å². The number of anilines is 1. The molecule has 0 unspecified atom stereocenters. The van der Waals surface area contributed by atoms with Gasteiger partial charge in [-0.1, -0.05) is 38.1 Å². The number of carbonyl (C=O) groups excluding carboxylic acids is 2. The van der Waals surface area contributed by atoms with E-state index in [1.165, 1.54) is 6.20 Å². The highest BCUT2D eigenvalue weighted by atomic mass is 16.2. The number of piperazine rings is 1. The van der Waals surface area contributed by atoms with Gasteiger partial charge in [0.15, 0.2) is 0 Å². The van der Waals surface area contributed by atoms with Gasteiger partial charge in [-0.25, -0.2) is 4.98 Å². The van der Waals surface area contributed by atoms with Gasteiger partial charge in [-0.05, 0) is 23.6 Å². The molecule has 3 rings (SSSR count). The minimum atomic E-state index is -0.463. The van der Waals surface area contributed by atoms with Crippen molar-refractivity contribution in [2.75, 3.05) is 31.1 Å². The van der Waals surface area contributed by atoms with Crippen LogP contribution in [0.5, 0.6) is 0 Å². The van der Waals surface area contributed by atoms with E-state index in [2.05, 4.69) is 18.8 Å². The van der Waals surface area contributed by atoms with Crippen LogP contribution in [0.25, 0.3) is 0 Å². The Morgan fingerprint density at radius 2 is 1.70 bits per heavy atom. The quantitative estimate of drug-likeness (QED) is 0.617. The van der Waals surface area contributed by atoms with E-state index in [4.69, 9.17) is 5.26 Å². The molecule has 1 amide bonds. The molecule has 0 saturated carbocycles. The van der Waals surface area contributed by atoms with E-state index >= 15 is 0 Å². The van der Waals surface area contributed by atoms with E-state index in [9.17, 15) is 9.59 Å². The molecule has 2 heterocycles. The monoisotopic (exact) mass is 362 g/mol. The molecule has 2 aromatic rings. The summed E-state index contributed by atoms with van der Waals surface area (Å²) in [6.45, 7) is 6.31. The number of amides is 1. The maximum atomic E-state index is 12.6. The Labute approximate surface area is 159 Å². The standard InChI is InChI=1S/C21H22N4O2/c1-15(2)17-4-6-18(7-5-17)20(26)21(27)25-11-9-24(10-12-25)19-8-3-16(13-22)14-23-19/h3-8,14-15H,9-12H2,1-2H3. The fourth-order valence-electron chi connectivity index (χ4n) is 3.06. The Balaban J connectivity index is 1.60. The van der Waals surface area contributed by atoms with Crippen LogP contribution in [0.2, 0.25) is 0 Å². The summed E-state index contributed by atoms with van der Waals surface area (Å²) < 4.78 is 0. The number of rotatable bonds is 4. The van der Waals surface area contributed by atoms with Crippen LogP contribution in [-0.4, -0.2) is 47.8 Å². The molecule has 1 aliphatic rings. The molecule has 0 atom stereocenters. The number of benzene rings is 1. The Morgan fingerprint density at radius 3 is 2.22 bits per heavy atom. The van der Waals surface area contributed by atoms with Crippen molar-refractivity contribution in [3.05, 3.63) is 59.3 Å². The molecule has 138 valence electrons. The molecular formula is C21H22N4O2. The molecule has 1 aliphatic heterocycles. The Bertz CT molecular complexity index is 859. The zero-order chi connectivity index (χ0) is 19.4. The summed E-state index contributed by atoms with van der Waals surface area (Å²) in [6, 6.07) is 12.8. The number of aromatic nitrogens is 1. The first-order chi connectivity index (χ1) is 13.0. The van der Waals surface area contributed by atoms with E-state index < -0.39 is 11.7 Å². The highest BCUT2D eigenvalue weighted by Crippen LogP contribution is 2.17. The molecule has 0 spiro atoms. The normalized spacial score (nSPS) is 14.1. The van der Waals surface area contributed by atoms with Crippen molar-refractivity contribution in [3.63, 3.8) is 0 Å². The maximum Gasteiger partial charge on any atom is 0.295 e. The number of Topliss-reactive ketones (excluding diaryl/α,β-unsaturated/α-hetero) is 1. The van der Waals surface area contributed by atoms with Gasteiger partial charge in [-0.15, -0.1) is 0 Å². The van der Waals surface area contributed by atoms with Crippen LogP contribution in [0, 0.1) is 11.3 Å². The molecule has 27 heavy (non-hydrogen) atoms. The molecule has 1 aromatic carbocycles. The lowest BCUT2D eigenvalue weighted by Crippen LogP contribution is -2.50. The smallest absolute Gasteiger partial charge is 0.295 e. The third-order valence-corrected chi connectivity index (χ3v) is 4.80. The van der Waals surface area contributed by atoms with Crippen molar-refractivity contribution in [3.8, 4) is 6.07 Å². The number of ketones is 1. The van der Waals surface area contributed by atoms with Gasteiger partial charge in [-0.3, -0.25) is 9.59 Å². The molecule has 1 fully saturated rings. The number of pyridine rings is 1. The van der Waals surface area contributed by atoms with Crippen LogP contribution in [0.4, 0.5) is 5.82 Å². The minimum absolute atomic E-state index is 0.383. The third kappa shape index (κ3) is 4.14. The zero-order valence-corrected chi connectivity index (χ0v) is 15.6. The minimum Gasteiger partial charge on any atom is -0.353 e. The van der Waals surface area contributed by atoms with E-state index in [1.54, 1.807) is 29.2 Å². The van der Waals surface area contributed by atoms with Crippen molar-refractivity contribution in [1.29, 1.82) is 5.26 Å². The summed E-state index contributed by atoms with van der Waals surface area (Å²) in [5, 5.41) is 8.84. The molecule has 0 aliphatic carbocycles. The average molecular weight is 362 g/mol. The third-order valence-electron chi connectivity index (χ3n) is 4.80. The lowest BCUT2D eigenvalue weighted by molar-refractivity contribution is -0.126. The summed E-state index contributed by atoms with van der Waals surface area (Å²) in [5.41, 5.74) is 2.09. The topological polar surface area (TPSA) is 77.3 Å². The first-order valence-electron chi connectivity index (χ1n) is 9.04.